The zero-order valence-electron chi connectivity index (χ0n) is 23.7. The standard InChI is InChI=1S/C30H26BrN3O8S/c1-15(2)41-29(36)26-16(3)32-30-33(27(26)21-12-17(31)6-10-23(21)40-5)28(35)25(43-30)14-19-8-11-24(42-19)20-9-7-18(39-4)13-22(20)34(37)38/h6-15,27H,1-5H3/b25-14-/t27-/m1/s1. The van der Waals surface area contributed by atoms with E-state index >= 15 is 0 Å². The van der Waals surface area contributed by atoms with Crippen LogP contribution in [-0.2, 0) is 9.53 Å². The van der Waals surface area contributed by atoms with Gasteiger partial charge in [-0.3, -0.25) is 19.5 Å². The Labute approximate surface area is 257 Å². The molecule has 0 unspecified atom stereocenters. The molecule has 0 N–H and O–H groups in total. The molecule has 0 amide bonds. The van der Waals surface area contributed by atoms with E-state index < -0.39 is 28.6 Å². The number of ether oxygens (including phenoxy) is 3. The minimum atomic E-state index is -0.883. The van der Waals surface area contributed by atoms with E-state index in [-0.39, 0.29) is 27.1 Å². The fraction of sp³-hybridized carbons (Fsp3) is 0.233. The Hall–Kier alpha value is -4.49. The Morgan fingerprint density at radius 2 is 1.93 bits per heavy atom. The van der Waals surface area contributed by atoms with Crippen LogP contribution < -0.4 is 24.4 Å². The van der Waals surface area contributed by atoms with E-state index in [0.29, 0.717) is 33.3 Å². The van der Waals surface area contributed by atoms with Crippen LogP contribution in [-0.4, -0.2) is 35.8 Å². The van der Waals surface area contributed by atoms with Crippen molar-refractivity contribution in [1.29, 1.82) is 0 Å². The maximum absolute atomic E-state index is 14.0. The van der Waals surface area contributed by atoms with Gasteiger partial charge in [0.2, 0.25) is 0 Å². The first-order valence-electron chi connectivity index (χ1n) is 13.0. The van der Waals surface area contributed by atoms with E-state index in [9.17, 15) is 19.7 Å². The number of allylic oxidation sites excluding steroid dienone is 1. The number of carbonyl (C=O) groups excluding carboxylic acids is 1. The molecule has 0 fully saturated rings. The summed E-state index contributed by atoms with van der Waals surface area (Å²) in [5.74, 6) is 0.780. The number of furan rings is 1. The molecule has 1 aliphatic rings. The molecule has 0 spiro atoms. The summed E-state index contributed by atoms with van der Waals surface area (Å²) in [5.41, 5.74) is 0.873. The molecular weight excluding hydrogens is 642 g/mol. The molecule has 5 rings (SSSR count). The smallest absolute Gasteiger partial charge is 0.338 e. The summed E-state index contributed by atoms with van der Waals surface area (Å²) in [5, 5.41) is 11.7. The van der Waals surface area contributed by atoms with E-state index in [0.717, 1.165) is 15.8 Å². The summed E-state index contributed by atoms with van der Waals surface area (Å²) in [7, 11) is 2.94. The molecule has 0 saturated heterocycles. The van der Waals surface area contributed by atoms with Crippen LogP contribution in [0, 0.1) is 10.1 Å². The Balaban J connectivity index is 1.66. The predicted octanol–water partition coefficient (Wildman–Crippen LogP) is 5.13. The van der Waals surface area contributed by atoms with Gasteiger partial charge in [-0.1, -0.05) is 27.3 Å². The fourth-order valence-electron chi connectivity index (χ4n) is 4.78. The molecule has 0 radical (unpaired) electrons. The van der Waals surface area contributed by atoms with Gasteiger partial charge in [-0.2, -0.15) is 0 Å². The third-order valence-corrected chi connectivity index (χ3v) is 8.11. The Bertz CT molecular complexity index is 1970. The third kappa shape index (κ3) is 5.77. The summed E-state index contributed by atoms with van der Waals surface area (Å²) in [6, 6.07) is 12.1. The summed E-state index contributed by atoms with van der Waals surface area (Å²) >= 11 is 4.62. The number of halogens is 1. The summed E-state index contributed by atoms with van der Waals surface area (Å²) in [4.78, 5) is 43.5. The number of nitrogens with zero attached hydrogens (tertiary/aromatic N) is 3. The number of rotatable bonds is 8. The Morgan fingerprint density at radius 3 is 2.60 bits per heavy atom. The average molecular weight is 669 g/mol. The third-order valence-electron chi connectivity index (χ3n) is 6.64. The molecule has 1 atom stereocenters. The Kier molecular flexibility index (Phi) is 8.38. The van der Waals surface area contributed by atoms with E-state index in [2.05, 4.69) is 20.9 Å². The van der Waals surface area contributed by atoms with Gasteiger partial charge in [0.15, 0.2) is 4.80 Å². The van der Waals surface area contributed by atoms with Crippen molar-refractivity contribution >= 4 is 45.0 Å². The van der Waals surface area contributed by atoms with E-state index in [4.69, 9.17) is 18.6 Å². The van der Waals surface area contributed by atoms with Gasteiger partial charge in [0.25, 0.3) is 11.2 Å². The van der Waals surface area contributed by atoms with Crippen molar-refractivity contribution in [1.82, 2.24) is 4.57 Å². The van der Waals surface area contributed by atoms with Crippen LogP contribution in [0.1, 0.15) is 38.1 Å². The topological polar surface area (TPSA) is 135 Å². The predicted molar refractivity (Wildman–Crippen MR) is 163 cm³/mol. The van der Waals surface area contributed by atoms with Crippen LogP contribution in [0.2, 0.25) is 0 Å². The zero-order valence-corrected chi connectivity index (χ0v) is 26.1. The average Bonchev–Trinajstić information content (AvgIpc) is 3.55. The molecule has 13 heteroatoms. The van der Waals surface area contributed by atoms with Crippen molar-refractivity contribution in [2.24, 2.45) is 4.99 Å². The van der Waals surface area contributed by atoms with Crippen molar-refractivity contribution in [2.75, 3.05) is 14.2 Å². The number of hydrogen-bond acceptors (Lipinski definition) is 10. The largest absolute Gasteiger partial charge is 0.497 e. The second kappa shape index (κ2) is 12.0. The lowest BCUT2D eigenvalue weighted by Gasteiger charge is -2.26. The van der Waals surface area contributed by atoms with Gasteiger partial charge >= 0.3 is 5.97 Å². The van der Waals surface area contributed by atoms with Crippen LogP contribution in [0.15, 0.2) is 78.5 Å². The number of fused-ring (bicyclic) bond motifs is 1. The lowest BCUT2D eigenvalue weighted by molar-refractivity contribution is -0.384. The monoisotopic (exact) mass is 667 g/mol. The molecule has 0 aliphatic carbocycles. The summed E-state index contributed by atoms with van der Waals surface area (Å²) in [6.07, 6.45) is 1.15. The highest BCUT2D eigenvalue weighted by Gasteiger charge is 2.35. The fourth-order valence-corrected chi connectivity index (χ4v) is 6.18. The van der Waals surface area contributed by atoms with E-state index in [1.54, 1.807) is 69.3 Å². The lowest BCUT2D eigenvalue weighted by atomic mass is 9.95. The van der Waals surface area contributed by atoms with E-state index in [1.165, 1.54) is 24.9 Å². The molecule has 2 aromatic carbocycles. The molecule has 11 nitrogen and oxygen atoms in total. The highest BCUT2D eigenvalue weighted by atomic mass is 79.9. The first-order valence-corrected chi connectivity index (χ1v) is 14.6. The molecular formula is C30H26BrN3O8S. The van der Waals surface area contributed by atoms with Gasteiger partial charge in [0, 0.05) is 16.1 Å². The molecule has 222 valence electrons. The number of carbonyl (C=O) groups is 1. The molecule has 3 heterocycles. The van der Waals surface area contributed by atoms with Crippen LogP contribution in [0.3, 0.4) is 0 Å². The number of thiazole rings is 1. The van der Waals surface area contributed by atoms with Crippen LogP contribution in [0.4, 0.5) is 5.69 Å². The van der Waals surface area contributed by atoms with Gasteiger partial charge in [-0.05, 0) is 63.2 Å². The molecule has 0 saturated carbocycles. The number of esters is 1. The number of benzene rings is 2. The lowest BCUT2D eigenvalue weighted by Crippen LogP contribution is -2.40. The molecule has 43 heavy (non-hydrogen) atoms. The quantitative estimate of drug-likeness (QED) is 0.143. The van der Waals surface area contributed by atoms with Gasteiger partial charge < -0.3 is 18.6 Å². The molecule has 1 aliphatic heterocycles. The van der Waals surface area contributed by atoms with Crippen molar-refractivity contribution in [3.05, 3.63) is 105 Å². The number of aromatic nitrogens is 1. The van der Waals surface area contributed by atoms with Crippen LogP contribution in [0.25, 0.3) is 17.4 Å². The van der Waals surface area contributed by atoms with Crippen molar-refractivity contribution in [3.8, 4) is 22.8 Å². The van der Waals surface area contributed by atoms with Crippen molar-refractivity contribution < 1.29 is 28.3 Å². The van der Waals surface area contributed by atoms with Gasteiger partial charge in [-0.15, -0.1) is 0 Å². The zero-order chi connectivity index (χ0) is 31.0. The maximum Gasteiger partial charge on any atom is 0.338 e. The maximum atomic E-state index is 14.0. The number of hydrogen-bond donors (Lipinski definition) is 0. The molecule has 2 aromatic heterocycles. The highest BCUT2D eigenvalue weighted by Crippen LogP contribution is 2.38. The second-order valence-electron chi connectivity index (χ2n) is 9.76. The number of nitro groups is 1. The second-order valence-corrected chi connectivity index (χ2v) is 11.7. The number of methoxy groups -OCH3 is 2. The van der Waals surface area contributed by atoms with Crippen molar-refractivity contribution in [3.63, 3.8) is 0 Å². The van der Waals surface area contributed by atoms with Crippen LogP contribution in [0.5, 0.6) is 11.5 Å². The number of nitro benzene ring substituents is 1. The first-order chi connectivity index (χ1) is 20.5. The van der Waals surface area contributed by atoms with Crippen LogP contribution >= 0.6 is 27.3 Å². The first kappa shape index (κ1) is 30.0. The molecule has 4 aromatic rings. The van der Waals surface area contributed by atoms with Gasteiger partial charge in [0.05, 0.1) is 52.7 Å². The van der Waals surface area contributed by atoms with E-state index in [1.807, 2.05) is 0 Å². The normalized spacial score (nSPS) is 14.9. The SMILES string of the molecule is COc1ccc(-c2ccc(/C=c3\sc4n(c3=O)[C@H](c3cc(Br)ccc3OC)C(C(=O)OC(C)C)=C(C)N=4)o2)c([N+](=O)[O-])c1. The summed E-state index contributed by atoms with van der Waals surface area (Å²) in [6.45, 7) is 5.19. The van der Waals surface area contributed by atoms with Gasteiger partial charge in [0.1, 0.15) is 29.1 Å². The summed E-state index contributed by atoms with van der Waals surface area (Å²) < 4.78 is 24.7. The van der Waals surface area contributed by atoms with Gasteiger partial charge in [-0.25, -0.2) is 9.79 Å². The Morgan fingerprint density at radius 1 is 1.16 bits per heavy atom. The minimum Gasteiger partial charge on any atom is -0.497 e. The van der Waals surface area contributed by atoms with Crippen molar-refractivity contribution in [2.45, 2.75) is 32.9 Å². The molecule has 0 bridgehead atoms. The highest BCUT2D eigenvalue weighted by molar-refractivity contribution is 9.10. The minimum absolute atomic E-state index is 0.182.